The fraction of sp³-hybridized carbons (Fsp3) is 0.267. The summed E-state index contributed by atoms with van der Waals surface area (Å²) < 4.78 is 1.71. The summed E-state index contributed by atoms with van der Waals surface area (Å²) in [6, 6.07) is 8.60. The molecule has 3 rings (SSSR count). The Kier molecular flexibility index (Phi) is 3.54. The number of nitrogens with zero attached hydrogens (tertiary/aromatic N) is 6. The van der Waals surface area contributed by atoms with Gasteiger partial charge in [-0.15, -0.1) is 0 Å². The first kappa shape index (κ1) is 14.1. The van der Waals surface area contributed by atoms with E-state index in [1.54, 1.807) is 17.8 Å². The Morgan fingerprint density at radius 3 is 2.55 bits per heavy atom. The van der Waals surface area contributed by atoms with Crippen LogP contribution >= 0.6 is 0 Å². The van der Waals surface area contributed by atoms with Gasteiger partial charge in [0.1, 0.15) is 5.69 Å². The number of hydrazone groups is 1. The first-order valence-corrected chi connectivity index (χ1v) is 6.91. The summed E-state index contributed by atoms with van der Waals surface area (Å²) in [6.45, 7) is 3.68. The first-order chi connectivity index (χ1) is 10.6. The minimum atomic E-state index is -0.681. The number of amides is 1. The van der Waals surface area contributed by atoms with Crippen molar-refractivity contribution >= 4 is 23.0 Å². The zero-order chi connectivity index (χ0) is 15.7. The van der Waals surface area contributed by atoms with E-state index >= 15 is 0 Å². The van der Waals surface area contributed by atoms with Crippen molar-refractivity contribution < 1.29 is 4.79 Å². The van der Waals surface area contributed by atoms with Gasteiger partial charge in [0.05, 0.1) is 23.3 Å². The van der Waals surface area contributed by atoms with Crippen molar-refractivity contribution in [1.82, 2.24) is 9.78 Å². The smallest absolute Gasteiger partial charge is 0.271 e. The molecular weight excluding hydrogens is 280 g/mol. The SMILES string of the molecule is CC1=NN(c2ccccc2)C(=O)C1N=Nc1cnn(C)c1C. The molecule has 7 heteroatoms. The molecule has 1 aliphatic rings. The Hall–Kier alpha value is -2.83. The van der Waals surface area contributed by atoms with Crippen LogP contribution in [0.5, 0.6) is 0 Å². The van der Waals surface area contributed by atoms with Crippen LogP contribution in [0.3, 0.4) is 0 Å². The van der Waals surface area contributed by atoms with Crippen LogP contribution in [0.1, 0.15) is 12.6 Å². The van der Waals surface area contributed by atoms with E-state index in [-0.39, 0.29) is 5.91 Å². The Balaban J connectivity index is 1.83. The molecule has 1 aliphatic heterocycles. The maximum atomic E-state index is 12.5. The van der Waals surface area contributed by atoms with Gasteiger partial charge in [-0.25, -0.2) is 0 Å². The Morgan fingerprint density at radius 1 is 1.18 bits per heavy atom. The van der Waals surface area contributed by atoms with Gasteiger partial charge in [-0.1, -0.05) is 18.2 Å². The zero-order valence-corrected chi connectivity index (χ0v) is 12.6. The average Bonchev–Trinajstić information content (AvgIpc) is 2.99. The number of benzene rings is 1. The van der Waals surface area contributed by atoms with Crippen molar-refractivity contribution in [3.8, 4) is 0 Å². The van der Waals surface area contributed by atoms with Crippen molar-refractivity contribution in [2.75, 3.05) is 5.01 Å². The van der Waals surface area contributed by atoms with Gasteiger partial charge in [0, 0.05) is 7.05 Å². The molecule has 1 unspecified atom stereocenters. The maximum Gasteiger partial charge on any atom is 0.280 e. The monoisotopic (exact) mass is 296 g/mol. The third-order valence-electron chi connectivity index (χ3n) is 3.59. The molecule has 2 heterocycles. The van der Waals surface area contributed by atoms with Gasteiger partial charge in [-0.3, -0.25) is 9.48 Å². The van der Waals surface area contributed by atoms with E-state index in [9.17, 15) is 4.79 Å². The highest BCUT2D eigenvalue weighted by Crippen LogP contribution is 2.23. The molecule has 0 bridgehead atoms. The normalized spacial score (nSPS) is 18.3. The minimum absolute atomic E-state index is 0.200. The van der Waals surface area contributed by atoms with Crippen molar-refractivity contribution in [2.45, 2.75) is 19.9 Å². The number of aryl methyl sites for hydroxylation is 1. The van der Waals surface area contributed by atoms with Crippen LogP contribution in [-0.4, -0.2) is 27.4 Å². The second-order valence-electron chi connectivity index (χ2n) is 5.08. The summed E-state index contributed by atoms with van der Waals surface area (Å²) >= 11 is 0. The van der Waals surface area contributed by atoms with Crippen LogP contribution in [0.4, 0.5) is 11.4 Å². The third kappa shape index (κ3) is 2.41. The lowest BCUT2D eigenvalue weighted by Gasteiger charge is -2.11. The Morgan fingerprint density at radius 2 is 1.91 bits per heavy atom. The lowest BCUT2D eigenvalue weighted by atomic mass is 10.2. The van der Waals surface area contributed by atoms with Crippen molar-refractivity contribution in [3.63, 3.8) is 0 Å². The number of hydrogen-bond acceptors (Lipinski definition) is 5. The number of carbonyl (C=O) groups is 1. The number of carbonyl (C=O) groups excluding carboxylic acids is 1. The summed E-state index contributed by atoms with van der Waals surface area (Å²) in [6.07, 6.45) is 1.62. The van der Waals surface area contributed by atoms with Gasteiger partial charge in [-0.05, 0) is 26.0 Å². The molecule has 0 spiro atoms. The molecule has 1 amide bonds. The summed E-state index contributed by atoms with van der Waals surface area (Å²) in [4.78, 5) is 12.5. The molecule has 1 aromatic heterocycles. The van der Waals surface area contributed by atoms with E-state index in [1.807, 2.05) is 44.3 Å². The fourth-order valence-electron chi connectivity index (χ4n) is 2.15. The topological polar surface area (TPSA) is 75.2 Å². The van der Waals surface area contributed by atoms with Crippen LogP contribution in [-0.2, 0) is 11.8 Å². The average molecular weight is 296 g/mol. The number of aromatic nitrogens is 2. The predicted octanol–water partition coefficient (Wildman–Crippen LogP) is 2.60. The van der Waals surface area contributed by atoms with E-state index in [0.717, 1.165) is 11.4 Å². The van der Waals surface area contributed by atoms with E-state index in [0.29, 0.717) is 11.4 Å². The highest BCUT2D eigenvalue weighted by atomic mass is 16.2. The Bertz CT molecular complexity index is 762. The van der Waals surface area contributed by atoms with Crippen LogP contribution in [0.15, 0.2) is 51.9 Å². The maximum absolute atomic E-state index is 12.5. The molecule has 1 aromatic carbocycles. The molecule has 0 saturated heterocycles. The largest absolute Gasteiger partial charge is 0.280 e. The van der Waals surface area contributed by atoms with Gasteiger partial charge in [-0.2, -0.15) is 25.4 Å². The molecule has 0 aliphatic carbocycles. The molecule has 0 fully saturated rings. The van der Waals surface area contributed by atoms with Crippen LogP contribution in [0.25, 0.3) is 0 Å². The lowest BCUT2D eigenvalue weighted by Crippen LogP contribution is -2.29. The van der Waals surface area contributed by atoms with E-state index in [1.165, 1.54) is 5.01 Å². The van der Waals surface area contributed by atoms with Gasteiger partial charge in [0.25, 0.3) is 5.91 Å². The van der Waals surface area contributed by atoms with Crippen LogP contribution in [0.2, 0.25) is 0 Å². The highest BCUT2D eigenvalue weighted by Gasteiger charge is 2.34. The molecule has 22 heavy (non-hydrogen) atoms. The summed E-state index contributed by atoms with van der Waals surface area (Å²) in [5.74, 6) is -0.200. The number of para-hydroxylation sites is 1. The molecule has 0 radical (unpaired) electrons. The molecule has 1 atom stereocenters. The predicted molar refractivity (Wildman–Crippen MR) is 83.3 cm³/mol. The second kappa shape index (κ2) is 5.51. The summed E-state index contributed by atoms with van der Waals surface area (Å²) in [5, 5.41) is 18.1. The highest BCUT2D eigenvalue weighted by molar-refractivity contribution is 6.18. The molecule has 112 valence electrons. The summed E-state index contributed by atoms with van der Waals surface area (Å²) in [7, 11) is 1.83. The second-order valence-corrected chi connectivity index (χ2v) is 5.08. The van der Waals surface area contributed by atoms with E-state index in [2.05, 4.69) is 20.4 Å². The van der Waals surface area contributed by atoms with Gasteiger partial charge in [0.2, 0.25) is 0 Å². The van der Waals surface area contributed by atoms with Crippen LogP contribution < -0.4 is 5.01 Å². The van der Waals surface area contributed by atoms with Gasteiger partial charge >= 0.3 is 0 Å². The zero-order valence-electron chi connectivity index (χ0n) is 12.6. The number of azo groups is 1. The molecular formula is C15H16N6O. The molecule has 0 saturated carbocycles. The fourth-order valence-corrected chi connectivity index (χ4v) is 2.15. The minimum Gasteiger partial charge on any atom is -0.271 e. The third-order valence-corrected chi connectivity index (χ3v) is 3.59. The van der Waals surface area contributed by atoms with Gasteiger partial charge in [0.15, 0.2) is 6.04 Å². The van der Waals surface area contributed by atoms with E-state index < -0.39 is 6.04 Å². The number of hydrogen-bond donors (Lipinski definition) is 0. The van der Waals surface area contributed by atoms with Crippen molar-refractivity contribution in [3.05, 3.63) is 42.2 Å². The van der Waals surface area contributed by atoms with E-state index in [4.69, 9.17) is 0 Å². The number of anilines is 1. The lowest BCUT2D eigenvalue weighted by molar-refractivity contribution is -0.117. The molecule has 7 nitrogen and oxygen atoms in total. The van der Waals surface area contributed by atoms with Crippen molar-refractivity contribution in [1.29, 1.82) is 0 Å². The molecule has 2 aromatic rings. The summed E-state index contributed by atoms with van der Waals surface area (Å²) in [5.41, 5.74) is 2.89. The standard InChI is InChI=1S/C15H16N6O/c1-10-14(18-17-13-9-16-20(3)11(13)2)15(22)21(19-10)12-7-5-4-6-8-12/h4-9,14H,1-3H3. The first-order valence-electron chi connectivity index (χ1n) is 6.91. The molecule has 0 N–H and O–H groups in total. The van der Waals surface area contributed by atoms with Crippen molar-refractivity contribution in [2.24, 2.45) is 22.4 Å². The number of rotatable bonds is 3. The Labute approximate surface area is 128 Å². The van der Waals surface area contributed by atoms with Gasteiger partial charge < -0.3 is 0 Å². The quantitative estimate of drug-likeness (QED) is 0.816. The van der Waals surface area contributed by atoms with Crippen LogP contribution in [0, 0.1) is 6.92 Å².